The minimum atomic E-state index is -0.0332. The zero-order valence-corrected chi connectivity index (χ0v) is 15.2. The lowest BCUT2D eigenvalue weighted by Crippen LogP contribution is -2.08. The first-order valence-corrected chi connectivity index (χ1v) is 9.16. The number of nitrogens with zero attached hydrogens (tertiary/aromatic N) is 4. The summed E-state index contributed by atoms with van der Waals surface area (Å²) in [5, 5.41) is 5.63. The van der Waals surface area contributed by atoms with Gasteiger partial charge >= 0.3 is 0 Å². The Kier molecular flexibility index (Phi) is 3.32. The van der Waals surface area contributed by atoms with E-state index in [9.17, 15) is 4.79 Å². The second kappa shape index (κ2) is 5.59. The molecule has 0 fully saturated rings. The molecule has 0 amide bonds. The number of fused-ring (bicyclic) bond motifs is 4. The number of para-hydroxylation sites is 1. The Hall–Kier alpha value is -2.83. The first-order chi connectivity index (χ1) is 12.6. The van der Waals surface area contributed by atoms with E-state index in [1.165, 1.54) is 11.3 Å². The number of rotatable bonds is 1. The lowest BCUT2D eigenvalue weighted by atomic mass is 10.1. The summed E-state index contributed by atoms with van der Waals surface area (Å²) in [4.78, 5) is 23.4. The molecule has 0 atom stereocenters. The van der Waals surface area contributed by atoms with E-state index >= 15 is 0 Å². The van der Waals surface area contributed by atoms with E-state index in [4.69, 9.17) is 16.6 Å². The summed E-state index contributed by atoms with van der Waals surface area (Å²) in [5.41, 5.74) is 3.57. The summed E-state index contributed by atoms with van der Waals surface area (Å²) in [6.07, 6.45) is 1.77. The second-order valence-electron chi connectivity index (χ2n) is 5.98. The molecule has 3 heterocycles. The Morgan fingerprint density at radius 2 is 1.88 bits per heavy atom. The Bertz CT molecular complexity index is 1330. The number of benzene rings is 2. The molecule has 0 saturated heterocycles. The van der Waals surface area contributed by atoms with E-state index in [2.05, 4.69) is 10.1 Å². The molecule has 1 aliphatic heterocycles. The monoisotopic (exact) mass is 378 g/mol. The van der Waals surface area contributed by atoms with Gasteiger partial charge in [0.2, 0.25) is 0 Å². The van der Waals surface area contributed by atoms with Gasteiger partial charge in [0.15, 0.2) is 5.43 Å². The van der Waals surface area contributed by atoms with Crippen LogP contribution in [0.4, 0.5) is 0 Å². The molecule has 7 heteroatoms. The maximum atomic E-state index is 12.9. The van der Waals surface area contributed by atoms with Crippen molar-refractivity contribution in [3.8, 4) is 16.3 Å². The van der Waals surface area contributed by atoms with Crippen molar-refractivity contribution in [2.75, 3.05) is 0 Å². The van der Waals surface area contributed by atoms with Crippen molar-refractivity contribution in [1.29, 1.82) is 0 Å². The predicted octanol–water partition coefficient (Wildman–Crippen LogP) is 4.46. The molecule has 1 aliphatic carbocycles. The highest BCUT2D eigenvalue weighted by Crippen LogP contribution is 2.36. The highest BCUT2D eigenvalue weighted by Gasteiger charge is 2.21. The minimum absolute atomic E-state index is 0.0332. The van der Waals surface area contributed by atoms with Crippen molar-refractivity contribution < 1.29 is 0 Å². The summed E-state index contributed by atoms with van der Waals surface area (Å²) in [7, 11) is 0. The molecule has 126 valence electrons. The van der Waals surface area contributed by atoms with Crippen molar-refractivity contribution in [2.24, 2.45) is 0 Å². The average molecular weight is 379 g/mol. The van der Waals surface area contributed by atoms with Crippen LogP contribution in [-0.2, 0) is 0 Å². The smallest absolute Gasteiger partial charge is 0.194 e. The molecule has 0 bridgehead atoms. The van der Waals surface area contributed by atoms with Gasteiger partial charge in [0.05, 0.1) is 21.5 Å². The van der Waals surface area contributed by atoms with Gasteiger partial charge in [-0.1, -0.05) is 29.8 Å². The van der Waals surface area contributed by atoms with E-state index in [1.807, 2.05) is 43.3 Å². The zero-order chi connectivity index (χ0) is 17.8. The average Bonchev–Trinajstić information content (AvgIpc) is 3.11. The quantitative estimate of drug-likeness (QED) is 0.319. The van der Waals surface area contributed by atoms with Crippen LogP contribution in [-0.4, -0.2) is 19.7 Å². The fourth-order valence-electron chi connectivity index (χ4n) is 3.03. The molecule has 26 heavy (non-hydrogen) atoms. The minimum Gasteiger partial charge on any atom is -0.289 e. The van der Waals surface area contributed by atoms with Crippen molar-refractivity contribution in [3.05, 3.63) is 69.6 Å². The van der Waals surface area contributed by atoms with E-state index < -0.39 is 0 Å². The van der Waals surface area contributed by atoms with E-state index in [1.54, 1.807) is 16.9 Å². The Morgan fingerprint density at radius 3 is 2.69 bits per heavy atom. The molecule has 2 aromatic heterocycles. The third kappa shape index (κ3) is 2.23. The number of hydrogen-bond acceptors (Lipinski definition) is 5. The van der Waals surface area contributed by atoms with Crippen LogP contribution in [0.3, 0.4) is 0 Å². The van der Waals surface area contributed by atoms with Gasteiger partial charge in [0.1, 0.15) is 21.2 Å². The lowest BCUT2D eigenvalue weighted by Gasteiger charge is -2.09. The van der Waals surface area contributed by atoms with Crippen LogP contribution in [0.25, 0.3) is 37.5 Å². The molecule has 0 unspecified atom stereocenters. The van der Waals surface area contributed by atoms with Gasteiger partial charge in [0, 0.05) is 11.8 Å². The third-order valence-corrected chi connectivity index (χ3v) is 5.75. The summed E-state index contributed by atoms with van der Waals surface area (Å²) in [5.74, 6) is 0. The number of pyridine rings is 1. The molecular weight excluding hydrogens is 368 g/mol. The van der Waals surface area contributed by atoms with Crippen molar-refractivity contribution in [1.82, 2.24) is 19.7 Å². The van der Waals surface area contributed by atoms with Gasteiger partial charge in [0.25, 0.3) is 0 Å². The molecule has 0 radical (unpaired) electrons. The fraction of sp³-hybridized carbons (Fsp3) is 0.0526. The second-order valence-corrected chi connectivity index (χ2v) is 7.36. The molecular formula is C19H11ClN4OS. The van der Waals surface area contributed by atoms with Crippen LogP contribution in [0.5, 0.6) is 0 Å². The Balaban J connectivity index is 1.91. The molecule has 5 rings (SSSR count). The normalized spacial score (nSPS) is 11.6. The van der Waals surface area contributed by atoms with E-state index in [-0.39, 0.29) is 5.43 Å². The maximum Gasteiger partial charge on any atom is 0.194 e. The van der Waals surface area contributed by atoms with Gasteiger partial charge in [-0.25, -0.2) is 14.6 Å². The van der Waals surface area contributed by atoms with Crippen LogP contribution >= 0.6 is 22.9 Å². The Labute approximate surface area is 156 Å². The van der Waals surface area contributed by atoms with E-state index in [0.29, 0.717) is 32.1 Å². The largest absolute Gasteiger partial charge is 0.289 e. The van der Waals surface area contributed by atoms with Gasteiger partial charge < -0.3 is 0 Å². The van der Waals surface area contributed by atoms with Crippen LogP contribution in [0, 0.1) is 6.92 Å². The standard InChI is InChI=1S/C19H11ClN4OS/c1-10-17(25)12-9-24(11-5-3-2-4-6-11)23-15(12)16-18(10)26-19-13(21-16)7-8-14(20)22-19/h2-9H,1H3. The Morgan fingerprint density at radius 1 is 1.08 bits per heavy atom. The zero-order valence-electron chi connectivity index (χ0n) is 13.6. The molecule has 0 spiro atoms. The number of hydrogen-bond donors (Lipinski definition) is 0. The van der Waals surface area contributed by atoms with Gasteiger partial charge in [-0.3, -0.25) is 4.79 Å². The summed E-state index contributed by atoms with van der Waals surface area (Å²) in [6.45, 7) is 1.82. The predicted molar refractivity (Wildman–Crippen MR) is 105 cm³/mol. The molecule has 1 aromatic carbocycles. The molecule has 0 saturated carbocycles. The molecule has 0 N–H and O–H groups in total. The molecule has 3 aromatic rings. The summed E-state index contributed by atoms with van der Waals surface area (Å²) < 4.78 is 1.72. The highest BCUT2D eigenvalue weighted by atomic mass is 35.5. The van der Waals surface area contributed by atoms with Crippen LogP contribution in [0.2, 0.25) is 5.15 Å². The SMILES string of the molecule is Cc1c2sc3nc(Cl)ccc3nc-2c2nn(-c3ccccc3)cc2c1=O. The van der Waals surface area contributed by atoms with Gasteiger partial charge in [-0.15, -0.1) is 11.3 Å². The molecule has 5 nitrogen and oxygen atoms in total. The van der Waals surface area contributed by atoms with Crippen molar-refractivity contribution in [2.45, 2.75) is 6.92 Å². The number of aromatic nitrogens is 4. The van der Waals surface area contributed by atoms with Crippen LogP contribution in [0.15, 0.2) is 53.5 Å². The van der Waals surface area contributed by atoms with E-state index in [0.717, 1.165) is 16.1 Å². The van der Waals surface area contributed by atoms with Gasteiger partial charge in [-0.2, -0.15) is 5.10 Å². The first-order valence-electron chi connectivity index (χ1n) is 7.96. The lowest BCUT2D eigenvalue weighted by molar-refractivity contribution is 0.896. The van der Waals surface area contributed by atoms with Crippen molar-refractivity contribution >= 4 is 44.2 Å². The molecule has 2 aliphatic rings. The number of halogens is 1. The summed E-state index contributed by atoms with van der Waals surface area (Å²) in [6, 6.07) is 13.3. The summed E-state index contributed by atoms with van der Waals surface area (Å²) >= 11 is 7.42. The topological polar surface area (TPSA) is 60.7 Å². The van der Waals surface area contributed by atoms with Crippen LogP contribution < -0.4 is 5.43 Å². The van der Waals surface area contributed by atoms with Crippen LogP contribution in [0.1, 0.15) is 5.56 Å². The van der Waals surface area contributed by atoms with Crippen molar-refractivity contribution in [3.63, 3.8) is 0 Å². The third-order valence-electron chi connectivity index (χ3n) is 4.34. The fourth-order valence-corrected chi connectivity index (χ4v) is 4.27. The first kappa shape index (κ1) is 15.4. The van der Waals surface area contributed by atoms with Gasteiger partial charge in [-0.05, 0) is 31.2 Å². The maximum absolute atomic E-state index is 12.9. The highest BCUT2D eigenvalue weighted by molar-refractivity contribution is 7.21.